The maximum absolute atomic E-state index is 12.1. The number of urea groups is 1. The molecule has 5 heteroatoms. The van der Waals surface area contributed by atoms with Gasteiger partial charge in [-0.05, 0) is 36.1 Å². The average Bonchev–Trinajstić information content (AvgIpc) is 2.74. The minimum absolute atomic E-state index is 0.271. The molecule has 1 aliphatic heterocycles. The minimum Gasteiger partial charge on any atom is -0.493 e. The summed E-state index contributed by atoms with van der Waals surface area (Å²) in [5.41, 5.74) is 1.16. The first-order valence-electron chi connectivity index (χ1n) is 7.58. The van der Waals surface area contributed by atoms with Crippen molar-refractivity contribution < 1.29 is 14.3 Å². The number of carbonyl (C=O) groups is 2. The number of rotatable bonds is 6. The van der Waals surface area contributed by atoms with Crippen molar-refractivity contribution in [3.63, 3.8) is 0 Å². The highest BCUT2D eigenvalue weighted by atomic mass is 16.5. The van der Waals surface area contributed by atoms with Gasteiger partial charge in [-0.2, -0.15) is 0 Å². The van der Waals surface area contributed by atoms with Gasteiger partial charge in [-0.3, -0.25) is 9.69 Å². The Hall–Kier alpha value is -2.30. The summed E-state index contributed by atoms with van der Waals surface area (Å²) in [6.45, 7) is 7.22. The van der Waals surface area contributed by atoms with E-state index in [4.69, 9.17) is 4.74 Å². The average molecular weight is 302 g/mol. The van der Waals surface area contributed by atoms with Crippen molar-refractivity contribution in [1.29, 1.82) is 0 Å². The summed E-state index contributed by atoms with van der Waals surface area (Å²) in [5.74, 6) is 0.995. The van der Waals surface area contributed by atoms with Crippen molar-refractivity contribution in [3.05, 3.63) is 35.5 Å². The van der Waals surface area contributed by atoms with E-state index >= 15 is 0 Å². The Morgan fingerprint density at radius 3 is 2.50 bits per heavy atom. The van der Waals surface area contributed by atoms with E-state index in [0.29, 0.717) is 24.8 Å². The first-order chi connectivity index (χ1) is 10.5. The van der Waals surface area contributed by atoms with Crippen LogP contribution in [-0.4, -0.2) is 30.0 Å². The topological polar surface area (TPSA) is 58.6 Å². The van der Waals surface area contributed by atoms with Crippen molar-refractivity contribution in [2.24, 2.45) is 5.92 Å². The molecule has 5 nitrogen and oxygen atoms in total. The second kappa shape index (κ2) is 7.11. The molecule has 0 bridgehead atoms. The van der Waals surface area contributed by atoms with E-state index in [-0.39, 0.29) is 11.9 Å². The summed E-state index contributed by atoms with van der Waals surface area (Å²) in [5, 5.41) is 2.61. The molecular weight excluding hydrogens is 280 g/mol. The molecule has 1 aromatic carbocycles. The Morgan fingerprint density at radius 2 is 1.91 bits per heavy atom. The molecule has 0 unspecified atom stereocenters. The zero-order chi connectivity index (χ0) is 16.1. The van der Waals surface area contributed by atoms with Crippen LogP contribution < -0.4 is 10.1 Å². The lowest BCUT2D eigenvalue weighted by Crippen LogP contribution is -2.31. The molecular formula is C17H22N2O3. The summed E-state index contributed by atoms with van der Waals surface area (Å²) in [4.78, 5) is 25.0. The van der Waals surface area contributed by atoms with Crippen LogP contribution in [-0.2, 0) is 4.79 Å². The van der Waals surface area contributed by atoms with E-state index in [1.807, 2.05) is 31.2 Å². The molecule has 0 aromatic heterocycles. The van der Waals surface area contributed by atoms with Crippen LogP contribution in [0.1, 0.15) is 32.8 Å². The predicted octanol–water partition coefficient (Wildman–Crippen LogP) is 3.02. The highest BCUT2D eigenvalue weighted by Crippen LogP contribution is 2.17. The van der Waals surface area contributed by atoms with E-state index in [1.54, 1.807) is 6.08 Å². The molecule has 118 valence electrons. The Balaban J connectivity index is 2.06. The fraction of sp³-hybridized carbons (Fsp3) is 0.412. The summed E-state index contributed by atoms with van der Waals surface area (Å²) < 4.78 is 5.61. The Morgan fingerprint density at radius 1 is 1.23 bits per heavy atom. The van der Waals surface area contributed by atoms with Crippen LogP contribution in [0.4, 0.5) is 4.79 Å². The number of carbonyl (C=O) groups excluding carboxylic acids is 2. The lowest BCUT2D eigenvalue weighted by molar-refractivity contribution is -0.122. The third-order valence-corrected chi connectivity index (χ3v) is 3.18. The van der Waals surface area contributed by atoms with Gasteiger partial charge in [0.25, 0.3) is 5.91 Å². The molecule has 1 N–H and O–H groups in total. The van der Waals surface area contributed by atoms with Crippen molar-refractivity contribution in [3.8, 4) is 5.75 Å². The first-order valence-corrected chi connectivity index (χ1v) is 7.58. The molecule has 0 aliphatic carbocycles. The van der Waals surface area contributed by atoms with Crippen molar-refractivity contribution in [2.75, 3.05) is 13.2 Å². The van der Waals surface area contributed by atoms with Crippen molar-refractivity contribution in [2.45, 2.75) is 27.2 Å². The SMILES string of the molecule is CCCN1C(=O)N/C(=C/c2ccc(OCC(C)C)cc2)C1=O. The van der Waals surface area contributed by atoms with E-state index in [2.05, 4.69) is 19.2 Å². The second-order valence-electron chi connectivity index (χ2n) is 5.72. The Labute approximate surface area is 130 Å². The molecule has 1 saturated heterocycles. The van der Waals surface area contributed by atoms with E-state index < -0.39 is 0 Å². The monoisotopic (exact) mass is 302 g/mol. The molecule has 0 atom stereocenters. The van der Waals surface area contributed by atoms with E-state index in [9.17, 15) is 9.59 Å². The first kappa shape index (κ1) is 16.1. The molecule has 22 heavy (non-hydrogen) atoms. The van der Waals surface area contributed by atoms with Crippen LogP contribution in [0.15, 0.2) is 30.0 Å². The third-order valence-electron chi connectivity index (χ3n) is 3.18. The van der Waals surface area contributed by atoms with E-state index in [0.717, 1.165) is 17.7 Å². The van der Waals surface area contributed by atoms with Crippen LogP contribution >= 0.6 is 0 Å². The lowest BCUT2D eigenvalue weighted by atomic mass is 10.2. The summed E-state index contributed by atoms with van der Waals surface area (Å²) >= 11 is 0. The van der Waals surface area contributed by atoms with Crippen molar-refractivity contribution >= 4 is 18.0 Å². The van der Waals surface area contributed by atoms with Crippen LogP contribution in [0.25, 0.3) is 6.08 Å². The van der Waals surface area contributed by atoms with Crippen LogP contribution in [0.5, 0.6) is 5.75 Å². The maximum atomic E-state index is 12.1. The fourth-order valence-electron chi connectivity index (χ4n) is 2.09. The van der Waals surface area contributed by atoms with Gasteiger partial charge in [0.05, 0.1) is 6.61 Å². The van der Waals surface area contributed by atoms with Gasteiger partial charge in [0.2, 0.25) is 0 Å². The number of hydrogen-bond donors (Lipinski definition) is 1. The van der Waals surface area contributed by atoms with Gasteiger partial charge in [-0.1, -0.05) is 32.9 Å². The van der Waals surface area contributed by atoms with Gasteiger partial charge in [0, 0.05) is 6.54 Å². The summed E-state index contributed by atoms with van der Waals surface area (Å²) in [6.07, 6.45) is 2.43. The molecule has 0 radical (unpaired) electrons. The number of benzene rings is 1. The van der Waals surface area contributed by atoms with Gasteiger partial charge in [0.1, 0.15) is 11.4 Å². The third kappa shape index (κ3) is 3.87. The number of amides is 3. The zero-order valence-electron chi connectivity index (χ0n) is 13.3. The van der Waals surface area contributed by atoms with E-state index in [1.165, 1.54) is 4.90 Å². The quantitative estimate of drug-likeness (QED) is 0.649. The molecule has 1 aliphatic rings. The fourth-order valence-corrected chi connectivity index (χ4v) is 2.09. The molecule has 1 aromatic rings. The number of ether oxygens (including phenoxy) is 1. The Kier molecular flexibility index (Phi) is 5.20. The molecule has 2 rings (SSSR count). The minimum atomic E-state index is -0.352. The van der Waals surface area contributed by atoms with Gasteiger partial charge in [-0.15, -0.1) is 0 Å². The maximum Gasteiger partial charge on any atom is 0.329 e. The number of nitrogens with one attached hydrogen (secondary N) is 1. The van der Waals surface area contributed by atoms with Crippen LogP contribution in [0, 0.1) is 5.92 Å². The van der Waals surface area contributed by atoms with Gasteiger partial charge >= 0.3 is 6.03 Å². The lowest BCUT2D eigenvalue weighted by Gasteiger charge is -2.09. The standard InChI is InChI=1S/C17H22N2O3/c1-4-9-19-16(20)15(18-17(19)21)10-13-5-7-14(8-6-13)22-11-12(2)3/h5-8,10,12H,4,9,11H2,1-3H3,(H,18,21)/b15-10+. The normalized spacial score (nSPS) is 16.5. The molecule has 3 amide bonds. The predicted molar refractivity (Wildman–Crippen MR) is 85.3 cm³/mol. The highest BCUT2D eigenvalue weighted by molar-refractivity contribution is 6.13. The zero-order valence-corrected chi connectivity index (χ0v) is 13.3. The van der Waals surface area contributed by atoms with Crippen LogP contribution in [0.3, 0.4) is 0 Å². The van der Waals surface area contributed by atoms with Gasteiger partial charge < -0.3 is 10.1 Å². The Bertz CT molecular complexity index is 576. The van der Waals surface area contributed by atoms with Crippen molar-refractivity contribution in [1.82, 2.24) is 10.2 Å². The second-order valence-corrected chi connectivity index (χ2v) is 5.72. The number of imide groups is 1. The number of nitrogens with zero attached hydrogens (tertiary/aromatic N) is 1. The molecule has 1 heterocycles. The molecule has 0 saturated carbocycles. The largest absolute Gasteiger partial charge is 0.493 e. The smallest absolute Gasteiger partial charge is 0.329 e. The van der Waals surface area contributed by atoms with Gasteiger partial charge in [-0.25, -0.2) is 4.79 Å². The number of hydrogen-bond acceptors (Lipinski definition) is 3. The molecule has 0 spiro atoms. The summed E-state index contributed by atoms with van der Waals surface area (Å²) in [7, 11) is 0. The molecule has 1 fully saturated rings. The van der Waals surface area contributed by atoms with Crippen LogP contribution in [0.2, 0.25) is 0 Å². The van der Waals surface area contributed by atoms with Gasteiger partial charge in [0.15, 0.2) is 0 Å². The summed E-state index contributed by atoms with van der Waals surface area (Å²) in [6, 6.07) is 7.10. The highest BCUT2D eigenvalue weighted by Gasteiger charge is 2.32.